The largest absolute Gasteiger partial charge is 0.445 e. The summed E-state index contributed by atoms with van der Waals surface area (Å²) in [6, 6.07) is 0.927. The van der Waals surface area contributed by atoms with Crippen molar-refractivity contribution in [3.63, 3.8) is 0 Å². The van der Waals surface area contributed by atoms with Crippen LogP contribution in [0.25, 0.3) is 0 Å². The normalized spacial score (nSPS) is 19.5. The molecule has 1 unspecified atom stereocenters. The van der Waals surface area contributed by atoms with Crippen LogP contribution in [0.5, 0.6) is 0 Å². The minimum atomic E-state index is -0.923. The Balaban J connectivity index is 2.02. The lowest BCUT2D eigenvalue weighted by Crippen LogP contribution is -2.52. The molecule has 28 heavy (non-hydrogen) atoms. The number of imide groups is 1. The highest BCUT2D eigenvalue weighted by Gasteiger charge is 2.41. The third-order valence-corrected chi connectivity index (χ3v) is 5.39. The second kappa shape index (κ2) is 7.09. The molecule has 2 heterocycles. The van der Waals surface area contributed by atoms with Crippen LogP contribution in [0, 0.1) is 0 Å². The fraction of sp³-hybridized carbons (Fsp3) is 0.474. The Labute approximate surface area is 167 Å². The number of benzene rings is 1. The summed E-state index contributed by atoms with van der Waals surface area (Å²) < 4.78 is 4.94. The van der Waals surface area contributed by atoms with Crippen LogP contribution in [0.15, 0.2) is 6.07 Å². The number of carbonyl (C=O) groups is 4. The number of halogens is 1. The number of primary amides is 1. The van der Waals surface area contributed by atoms with Gasteiger partial charge in [-0.3, -0.25) is 19.7 Å². The van der Waals surface area contributed by atoms with E-state index in [1.54, 1.807) is 6.07 Å². The van der Waals surface area contributed by atoms with Crippen molar-refractivity contribution in [3.8, 4) is 0 Å². The number of hydrogen-bond donors (Lipinski definition) is 2. The van der Waals surface area contributed by atoms with E-state index < -0.39 is 18.0 Å². The van der Waals surface area contributed by atoms with Crippen LogP contribution in [0.4, 0.5) is 4.79 Å². The summed E-state index contributed by atoms with van der Waals surface area (Å²) in [5, 5.41) is 2.69. The first-order chi connectivity index (χ1) is 13.0. The molecule has 0 aromatic heterocycles. The molecule has 4 amide bonds. The Bertz CT molecular complexity index is 891. The number of nitrogens with zero attached hydrogens (tertiary/aromatic N) is 1. The maximum Gasteiger partial charge on any atom is 0.404 e. The number of piperidine rings is 1. The summed E-state index contributed by atoms with van der Waals surface area (Å²) in [6.07, 6.45) is -0.478. The third-order valence-electron chi connectivity index (χ3n) is 4.98. The fourth-order valence-electron chi connectivity index (χ4n) is 3.79. The molecule has 0 spiro atoms. The van der Waals surface area contributed by atoms with Gasteiger partial charge in [-0.05, 0) is 29.0 Å². The fourth-order valence-corrected chi connectivity index (χ4v) is 4.36. The van der Waals surface area contributed by atoms with Crippen LogP contribution < -0.4 is 11.1 Å². The summed E-state index contributed by atoms with van der Waals surface area (Å²) >= 11 is 6.68. The van der Waals surface area contributed by atoms with E-state index in [1.807, 2.05) is 20.8 Å². The molecule has 1 aromatic carbocycles. The number of nitrogens with two attached hydrogens (primary N) is 1. The molecular weight excluding hydrogens is 386 g/mol. The highest BCUT2D eigenvalue weighted by atomic mass is 35.5. The lowest BCUT2D eigenvalue weighted by atomic mass is 9.82. The van der Waals surface area contributed by atoms with E-state index in [0.717, 1.165) is 5.56 Å². The van der Waals surface area contributed by atoms with Gasteiger partial charge in [0.2, 0.25) is 11.8 Å². The highest BCUT2D eigenvalue weighted by molar-refractivity contribution is 6.33. The molecule has 0 saturated carbocycles. The molecule has 0 aliphatic carbocycles. The number of fused-ring (bicyclic) bond motifs is 1. The van der Waals surface area contributed by atoms with E-state index in [9.17, 15) is 19.2 Å². The van der Waals surface area contributed by atoms with Crippen molar-refractivity contribution >= 4 is 35.4 Å². The molecule has 3 rings (SSSR count). The summed E-state index contributed by atoms with van der Waals surface area (Å²) in [5.41, 5.74) is 7.04. The van der Waals surface area contributed by atoms with Crippen molar-refractivity contribution in [1.29, 1.82) is 0 Å². The number of nitrogens with one attached hydrogen (secondary N) is 1. The van der Waals surface area contributed by atoms with Gasteiger partial charge in [-0.15, -0.1) is 0 Å². The molecule has 2 aliphatic rings. The third kappa shape index (κ3) is 3.56. The van der Waals surface area contributed by atoms with E-state index in [2.05, 4.69) is 5.32 Å². The van der Waals surface area contributed by atoms with Crippen LogP contribution in [-0.2, 0) is 32.9 Å². The smallest absolute Gasteiger partial charge is 0.404 e. The number of carbonyl (C=O) groups excluding carboxylic acids is 4. The lowest BCUT2D eigenvalue weighted by molar-refractivity contribution is -0.136. The Morgan fingerprint density at radius 1 is 1.36 bits per heavy atom. The van der Waals surface area contributed by atoms with E-state index in [4.69, 9.17) is 22.1 Å². The molecule has 9 heteroatoms. The molecule has 3 N–H and O–H groups in total. The van der Waals surface area contributed by atoms with Crippen molar-refractivity contribution < 1.29 is 23.9 Å². The van der Waals surface area contributed by atoms with Crippen molar-refractivity contribution in [2.45, 2.75) is 58.2 Å². The van der Waals surface area contributed by atoms with E-state index >= 15 is 0 Å². The van der Waals surface area contributed by atoms with Gasteiger partial charge in [0.05, 0.1) is 5.02 Å². The molecular formula is C19H22ClN3O5. The van der Waals surface area contributed by atoms with E-state index in [1.165, 1.54) is 4.90 Å². The van der Waals surface area contributed by atoms with Crippen LogP contribution >= 0.6 is 11.6 Å². The predicted octanol–water partition coefficient (Wildman–Crippen LogP) is 1.99. The molecule has 1 saturated heterocycles. The molecule has 1 fully saturated rings. The van der Waals surface area contributed by atoms with Crippen molar-refractivity contribution in [2.24, 2.45) is 5.73 Å². The Morgan fingerprint density at radius 3 is 2.61 bits per heavy atom. The average molecular weight is 408 g/mol. The van der Waals surface area contributed by atoms with Gasteiger partial charge >= 0.3 is 6.09 Å². The van der Waals surface area contributed by atoms with Gasteiger partial charge in [-0.25, -0.2) is 4.79 Å². The summed E-state index contributed by atoms with van der Waals surface area (Å²) in [4.78, 5) is 49.1. The van der Waals surface area contributed by atoms with Gasteiger partial charge in [0.1, 0.15) is 12.6 Å². The van der Waals surface area contributed by atoms with Gasteiger partial charge in [0.25, 0.3) is 5.91 Å². The quantitative estimate of drug-likeness (QED) is 0.742. The maximum absolute atomic E-state index is 13.0. The van der Waals surface area contributed by atoms with Crippen molar-refractivity contribution in [1.82, 2.24) is 10.2 Å². The molecule has 0 radical (unpaired) electrons. The van der Waals surface area contributed by atoms with Crippen LogP contribution in [-0.4, -0.2) is 34.8 Å². The first kappa shape index (κ1) is 20.1. The minimum absolute atomic E-state index is 0.110. The molecule has 1 aromatic rings. The van der Waals surface area contributed by atoms with Gasteiger partial charge in [-0.1, -0.05) is 32.4 Å². The zero-order valence-corrected chi connectivity index (χ0v) is 16.7. The first-order valence-corrected chi connectivity index (χ1v) is 9.30. The maximum atomic E-state index is 13.0. The van der Waals surface area contributed by atoms with E-state index in [0.29, 0.717) is 21.7 Å². The Morgan fingerprint density at radius 2 is 2.04 bits per heavy atom. The second-order valence-corrected chi connectivity index (χ2v) is 8.39. The van der Waals surface area contributed by atoms with Gasteiger partial charge < -0.3 is 15.4 Å². The number of rotatable bonds is 3. The SMILES string of the molecule is CC(C)(C)c1c(COC(N)=O)cc2c(c1Cl)CN(C1CCC(=O)NC1=O)C2=O. The average Bonchev–Trinajstić information content (AvgIpc) is 2.89. The van der Waals surface area contributed by atoms with Crippen LogP contribution in [0.1, 0.15) is 60.7 Å². The molecule has 8 nitrogen and oxygen atoms in total. The molecule has 1 atom stereocenters. The van der Waals surface area contributed by atoms with Crippen molar-refractivity contribution in [2.75, 3.05) is 0 Å². The van der Waals surface area contributed by atoms with Gasteiger partial charge in [-0.2, -0.15) is 0 Å². The number of ether oxygens (including phenoxy) is 1. The topological polar surface area (TPSA) is 119 Å². The first-order valence-electron chi connectivity index (χ1n) is 8.92. The lowest BCUT2D eigenvalue weighted by Gasteiger charge is -2.29. The van der Waals surface area contributed by atoms with Crippen LogP contribution in [0.3, 0.4) is 0 Å². The highest BCUT2D eigenvalue weighted by Crippen LogP contribution is 2.41. The Hall–Kier alpha value is -2.61. The Kier molecular flexibility index (Phi) is 5.10. The molecule has 0 bridgehead atoms. The standard InChI is InChI=1S/C19H22ClN3O5/c1-19(2,3)14-9(8-28-18(21)27)6-10-11(15(14)20)7-23(17(10)26)12-4-5-13(24)22-16(12)25/h6,12H,4-5,7-8H2,1-3H3,(H2,21,27)(H,22,24,25). The molecule has 150 valence electrons. The van der Waals surface area contributed by atoms with Crippen LogP contribution in [0.2, 0.25) is 5.02 Å². The summed E-state index contributed by atoms with van der Waals surface area (Å²) in [5.74, 6) is -1.17. The second-order valence-electron chi connectivity index (χ2n) is 8.01. The zero-order chi connectivity index (χ0) is 20.8. The summed E-state index contributed by atoms with van der Waals surface area (Å²) in [6.45, 7) is 5.95. The number of amides is 4. The monoisotopic (exact) mass is 407 g/mol. The summed E-state index contributed by atoms with van der Waals surface area (Å²) in [7, 11) is 0. The number of hydrogen-bond acceptors (Lipinski definition) is 5. The predicted molar refractivity (Wildman–Crippen MR) is 101 cm³/mol. The van der Waals surface area contributed by atoms with E-state index in [-0.39, 0.29) is 43.2 Å². The zero-order valence-electron chi connectivity index (χ0n) is 15.9. The molecule has 2 aliphatic heterocycles. The van der Waals surface area contributed by atoms with Gasteiger partial charge in [0.15, 0.2) is 0 Å². The van der Waals surface area contributed by atoms with Gasteiger partial charge in [0, 0.05) is 24.1 Å². The minimum Gasteiger partial charge on any atom is -0.445 e. The van der Waals surface area contributed by atoms with Crippen molar-refractivity contribution in [3.05, 3.63) is 33.3 Å².